The molecule has 2 atom stereocenters. The van der Waals surface area contributed by atoms with Crippen LogP contribution >= 0.6 is 7.82 Å². The molecule has 0 heterocycles. The fourth-order valence-electron chi connectivity index (χ4n) is 5.36. The van der Waals surface area contributed by atoms with Gasteiger partial charge in [0.1, 0.15) is 19.8 Å². The van der Waals surface area contributed by atoms with Crippen LogP contribution in [-0.4, -0.2) is 70.0 Å². The largest absolute Gasteiger partial charge is 0.756 e. The van der Waals surface area contributed by atoms with Gasteiger partial charge in [0.15, 0.2) is 6.10 Å². The molecule has 0 aliphatic heterocycles. The van der Waals surface area contributed by atoms with Crippen molar-refractivity contribution in [2.24, 2.45) is 0 Å². The van der Waals surface area contributed by atoms with Gasteiger partial charge in [-0.3, -0.25) is 14.2 Å². The highest BCUT2D eigenvalue weighted by Gasteiger charge is 2.21. The zero-order valence-electron chi connectivity index (χ0n) is 37.2. The summed E-state index contributed by atoms with van der Waals surface area (Å²) in [6.45, 7) is 4.06. The van der Waals surface area contributed by atoms with Crippen molar-refractivity contribution in [1.29, 1.82) is 0 Å². The lowest BCUT2D eigenvalue weighted by molar-refractivity contribution is -0.870. The maximum absolute atomic E-state index is 12.7. The monoisotopic (exact) mass is 832 g/mol. The quantitative estimate of drug-likeness (QED) is 0.0198. The number of carbonyl (C=O) groups is 2. The molecular formula is C48H82NO8P. The van der Waals surface area contributed by atoms with Gasteiger partial charge in [-0.05, 0) is 89.9 Å². The average molecular weight is 832 g/mol. The molecule has 0 aliphatic carbocycles. The molecule has 332 valence electrons. The first kappa shape index (κ1) is 55.2. The second-order valence-electron chi connectivity index (χ2n) is 15.7. The highest BCUT2D eigenvalue weighted by Crippen LogP contribution is 2.38. The highest BCUT2D eigenvalue weighted by molar-refractivity contribution is 7.45. The third-order valence-electron chi connectivity index (χ3n) is 8.89. The van der Waals surface area contributed by atoms with E-state index in [1.54, 1.807) is 0 Å². The van der Waals surface area contributed by atoms with E-state index in [1.165, 1.54) is 51.4 Å². The van der Waals surface area contributed by atoms with Crippen molar-refractivity contribution in [3.63, 3.8) is 0 Å². The Hall–Kier alpha value is -2.81. The molecule has 58 heavy (non-hydrogen) atoms. The predicted octanol–water partition coefficient (Wildman–Crippen LogP) is 12.2. The average Bonchev–Trinajstić information content (AvgIpc) is 3.17. The van der Waals surface area contributed by atoms with Crippen LogP contribution in [0.2, 0.25) is 0 Å². The number of allylic oxidation sites excluding steroid dienone is 14. The lowest BCUT2D eigenvalue weighted by Gasteiger charge is -2.28. The summed E-state index contributed by atoms with van der Waals surface area (Å²) in [6.07, 6.45) is 50.4. The van der Waals surface area contributed by atoms with Crippen molar-refractivity contribution in [2.45, 2.75) is 161 Å². The minimum absolute atomic E-state index is 0.0485. The molecule has 0 bridgehead atoms. The lowest BCUT2D eigenvalue weighted by Crippen LogP contribution is -2.37. The number of hydrogen-bond donors (Lipinski definition) is 0. The molecule has 0 rings (SSSR count). The van der Waals surface area contributed by atoms with Crippen molar-refractivity contribution in [3.05, 3.63) is 85.1 Å². The number of quaternary nitrogens is 1. The Balaban J connectivity index is 4.51. The van der Waals surface area contributed by atoms with E-state index in [2.05, 4.69) is 92.8 Å². The van der Waals surface area contributed by atoms with Crippen LogP contribution in [-0.2, 0) is 32.7 Å². The number of phosphoric ester groups is 1. The number of phosphoric acid groups is 1. The van der Waals surface area contributed by atoms with Crippen molar-refractivity contribution >= 4 is 19.8 Å². The van der Waals surface area contributed by atoms with Gasteiger partial charge in [-0.15, -0.1) is 0 Å². The predicted molar refractivity (Wildman–Crippen MR) is 240 cm³/mol. The van der Waals surface area contributed by atoms with Crippen LogP contribution < -0.4 is 4.89 Å². The molecule has 0 aromatic rings. The van der Waals surface area contributed by atoms with Gasteiger partial charge < -0.3 is 27.9 Å². The van der Waals surface area contributed by atoms with Crippen LogP contribution in [0.1, 0.15) is 155 Å². The van der Waals surface area contributed by atoms with Crippen LogP contribution in [0.3, 0.4) is 0 Å². The standard InChI is InChI=1S/C48H82NO8P/c1-6-8-10-12-14-16-18-20-22-24-26-28-30-32-34-36-38-40-47(50)54-44-46(45-56-58(52,53)55-43-42-49(3,4)5)57-48(51)41-39-37-35-33-31-29-27-25-23-21-19-17-15-13-11-9-7-2/h14-17,20-23,26-29,32,34,46H,6-13,18-19,24-25,30-31,33,35-45H2,1-5H3/b16-14-,17-15-,22-20-,23-21-,28-26-,29-27-,34-32-/t46-/m1/s1. The van der Waals surface area contributed by atoms with Crippen LogP contribution in [0.5, 0.6) is 0 Å². The molecule has 9 nitrogen and oxygen atoms in total. The third-order valence-corrected chi connectivity index (χ3v) is 9.85. The molecular weight excluding hydrogens is 750 g/mol. The van der Waals surface area contributed by atoms with E-state index in [4.69, 9.17) is 18.5 Å². The highest BCUT2D eigenvalue weighted by atomic mass is 31.2. The molecule has 0 amide bonds. The summed E-state index contributed by atoms with van der Waals surface area (Å²) in [5, 5.41) is 0. The molecule has 0 spiro atoms. The van der Waals surface area contributed by atoms with Crippen molar-refractivity contribution in [3.8, 4) is 0 Å². The normalized spacial score (nSPS) is 14.4. The Morgan fingerprint density at radius 1 is 0.534 bits per heavy atom. The molecule has 1 unspecified atom stereocenters. The SMILES string of the molecule is CCCCC/C=C\C/C=C\C/C=C\C/C=C\CCCC(=O)OC[C@H](COP(=O)([O-])OCC[N+](C)(C)C)OC(=O)CCCCCC/C=C\C/C=C\C/C=C\CCCCC. The van der Waals surface area contributed by atoms with Gasteiger partial charge in [0.05, 0.1) is 27.7 Å². The van der Waals surface area contributed by atoms with Crippen LogP contribution in [0, 0.1) is 0 Å². The maximum atomic E-state index is 12.7. The summed E-state index contributed by atoms with van der Waals surface area (Å²) in [6, 6.07) is 0. The molecule has 0 radical (unpaired) electrons. The Morgan fingerprint density at radius 2 is 0.948 bits per heavy atom. The fraction of sp³-hybridized carbons (Fsp3) is 0.667. The summed E-state index contributed by atoms with van der Waals surface area (Å²) in [5.41, 5.74) is 0. The van der Waals surface area contributed by atoms with Crippen molar-refractivity contribution < 1.29 is 42.1 Å². The zero-order valence-corrected chi connectivity index (χ0v) is 38.1. The third kappa shape index (κ3) is 42.8. The van der Waals surface area contributed by atoms with Crippen LogP contribution in [0.25, 0.3) is 0 Å². The number of unbranched alkanes of at least 4 members (excludes halogenated alkanes) is 11. The molecule has 0 aliphatic rings. The fourth-order valence-corrected chi connectivity index (χ4v) is 6.09. The Labute approximate surface area is 354 Å². The smallest absolute Gasteiger partial charge is 0.306 e. The van der Waals surface area contributed by atoms with Gasteiger partial charge in [-0.1, -0.05) is 137 Å². The van der Waals surface area contributed by atoms with Gasteiger partial charge in [0, 0.05) is 12.8 Å². The first-order chi connectivity index (χ1) is 28.0. The molecule has 0 saturated carbocycles. The summed E-state index contributed by atoms with van der Waals surface area (Å²) < 4.78 is 33.8. The number of hydrogen-bond acceptors (Lipinski definition) is 8. The molecule has 0 aromatic carbocycles. The van der Waals surface area contributed by atoms with Crippen LogP contribution in [0.4, 0.5) is 0 Å². The van der Waals surface area contributed by atoms with Gasteiger partial charge in [-0.25, -0.2) is 0 Å². The minimum atomic E-state index is -4.65. The Morgan fingerprint density at radius 3 is 1.41 bits per heavy atom. The van der Waals surface area contributed by atoms with Gasteiger partial charge in [0.2, 0.25) is 0 Å². The van der Waals surface area contributed by atoms with E-state index < -0.39 is 32.5 Å². The van der Waals surface area contributed by atoms with E-state index in [9.17, 15) is 19.0 Å². The van der Waals surface area contributed by atoms with Gasteiger partial charge >= 0.3 is 11.9 Å². The number of rotatable bonds is 39. The summed E-state index contributed by atoms with van der Waals surface area (Å²) in [7, 11) is 1.11. The van der Waals surface area contributed by atoms with Gasteiger partial charge in [0.25, 0.3) is 7.82 Å². The van der Waals surface area contributed by atoms with E-state index in [1.807, 2.05) is 27.2 Å². The van der Waals surface area contributed by atoms with Crippen molar-refractivity contribution in [2.75, 3.05) is 47.5 Å². The number of nitrogens with zero attached hydrogens (tertiary/aromatic N) is 1. The second kappa shape index (κ2) is 39.6. The number of carbonyl (C=O) groups excluding carboxylic acids is 2. The number of esters is 2. The van der Waals surface area contributed by atoms with Gasteiger partial charge in [-0.2, -0.15) is 0 Å². The summed E-state index contributed by atoms with van der Waals surface area (Å²) in [4.78, 5) is 37.5. The second-order valence-corrected chi connectivity index (χ2v) is 17.1. The molecule has 0 fully saturated rings. The molecule has 10 heteroatoms. The molecule has 0 N–H and O–H groups in total. The number of ether oxygens (including phenoxy) is 2. The summed E-state index contributed by atoms with van der Waals surface area (Å²) >= 11 is 0. The summed E-state index contributed by atoms with van der Waals surface area (Å²) in [5.74, 6) is -0.934. The maximum Gasteiger partial charge on any atom is 0.306 e. The van der Waals surface area contributed by atoms with Crippen molar-refractivity contribution in [1.82, 2.24) is 0 Å². The van der Waals surface area contributed by atoms with E-state index in [0.717, 1.165) is 64.2 Å². The first-order valence-corrected chi connectivity index (χ1v) is 23.8. The Kier molecular flexibility index (Phi) is 37.7. The zero-order chi connectivity index (χ0) is 42.8. The minimum Gasteiger partial charge on any atom is -0.756 e. The van der Waals surface area contributed by atoms with E-state index >= 15 is 0 Å². The van der Waals surface area contributed by atoms with Crippen LogP contribution in [0.15, 0.2) is 85.1 Å². The van der Waals surface area contributed by atoms with E-state index in [-0.39, 0.29) is 26.1 Å². The first-order valence-electron chi connectivity index (χ1n) is 22.3. The molecule has 0 saturated heterocycles. The Bertz CT molecular complexity index is 1260. The molecule has 0 aromatic heterocycles. The van der Waals surface area contributed by atoms with E-state index in [0.29, 0.717) is 23.9 Å². The lowest BCUT2D eigenvalue weighted by atomic mass is 10.1. The topological polar surface area (TPSA) is 111 Å². The number of likely N-dealkylation sites (N-methyl/N-ethyl adjacent to an activating group) is 1.